The summed E-state index contributed by atoms with van der Waals surface area (Å²) >= 11 is 0. The molecule has 0 saturated heterocycles. The van der Waals surface area contributed by atoms with Crippen molar-refractivity contribution in [2.24, 2.45) is 0 Å². The standard InChI is InChI=1S/C17H24FNO3/c1-17(2,3)22-16(20)19-10-8-14-13(12-19)6-4-7-15(14)21-11-5-9-18/h4,6-7H,5,8-12H2,1-3H3. The first kappa shape index (κ1) is 16.6. The van der Waals surface area contributed by atoms with Crippen molar-refractivity contribution < 1.29 is 18.7 Å². The van der Waals surface area contributed by atoms with E-state index in [-0.39, 0.29) is 12.8 Å². The van der Waals surface area contributed by atoms with Gasteiger partial charge in [0.2, 0.25) is 0 Å². The number of rotatable bonds is 4. The molecule has 0 fully saturated rings. The van der Waals surface area contributed by atoms with Gasteiger partial charge in [0.05, 0.1) is 13.3 Å². The van der Waals surface area contributed by atoms with E-state index in [9.17, 15) is 9.18 Å². The molecular weight excluding hydrogens is 285 g/mol. The molecule has 1 heterocycles. The van der Waals surface area contributed by atoms with Crippen molar-refractivity contribution in [2.75, 3.05) is 19.8 Å². The van der Waals surface area contributed by atoms with Crippen molar-refractivity contribution >= 4 is 6.09 Å². The van der Waals surface area contributed by atoms with Crippen LogP contribution < -0.4 is 4.74 Å². The highest BCUT2D eigenvalue weighted by Gasteiger charge is 2.26. The molecule has 1 amide bonds. The van der Waals surface area contributed by atoms with Crippen molar-refractivity contribution in [1.82, 2.24) is 4.90 Å². The van der Waals surface area contributed by atoms with Gasteiger partial charge in [-0.05, 0) is 38.8 Å². The minimum Gasteiger partial charge on any atom is -0.493 e. The zero-order chi connectivity index (χ0) is 16.2. The van der Waals surface area contributed by atoms with Crippen molar-refractivity contribution in [3.8, 4) is 5.75 Å². The monoisotopic (exact) mass is 309 g/mol. The van der Waals surface area contributed by atoms with Crippen molar-refractivity contribution in [3.05, 3.63) is 29.3 Å². The van der Waals surface area contributed by atoms with Crippen molar-refractivity contribution in [2.45, 2.75) is 45.8 Å². The molecule has 0 radical (unpaired) electrons. The SMILES string of the molecule is CC(C)(C)OC(=O)N1CCc2c(cccc2OCCCF)C1. The third-order valence-electron chi connectivity index (χ3n) is 3.41. The Hall–Kier alpha value is -1.78. The molecule has 22 heavy (non-hydrogen) atoms. The van der Waals surface area contributed by atoms with Crippen LogP contribution in [-0.4, -0.2) is 36.4 Å². The number of halogens is 1. The molecular formula is C17H24FNO3. The second-order valence-corrected chi connectivity index (χ2v) is 6.44. The molecule has 0 aromatic heterocycles. The number of hydrogen-bond acceptors (Lipinski definition) is 3. The first-order chi connectivity index (χ1) is 10.4. The quantitative estimate of drug-likeness (QED) is 0.796. The van der Waals surface area contributed by atoms with Gasteiger partial charge in [0.15, 0.2) is 0 Å². The zero-order valence-corrected chi connectivity index (χ0v) is 13.5. The lowest BCUT2D eigenvalue weighted by molar-refractivity contribution is 0.0223. The number of nitrogens with zero attached hydrogens (tertiary/aromatic N) is 1. The first-order valence-electron chi connectivity index (χ1n) is 7.68. The summed E-state index contributed by atoms with van der Waals surface area (Å²) in [5.74, 6) is 0.801. The number of alkyl halides is 1. The van der Waals surface area contributed by atoms with Gasteiger partial charge in [-0.25, -0.2) is 4.79 Å². The second kappa shape index (κ2) is 6.99. The Bertz CT molecular complexity index is 525. The van der Waals surface area contributed by atoms with Gasteiger partial charge >= 0.3 is 6.09 Å². The van der Waals surface area contributed by atoms with E-state index in [2.05, 4.69) is 0 Å². The molecule has 1 aromatic carbocycles. The number of fused-ring (bicyclic) bond motifs is 1. The summed E-state index contributed by atoms with van der Waals surface area (Å²) in [6, 6.07) is 5.80. The molecule has 0 aliphatic carbocycles. The molecule has 122 valence electrons. The molecule has 0 unspecified atom stereocenters. The molecule has 5 heteroatoms. The summed E-state index contributed by atoms with van der Waals surface area (Å²) in [5, 5.41) is 0. The van der Waals surface area contributed by atoms with E-state index in [1.165, 1.54) is 0 Å². The Balaban J connectivity index is 2.05. The van der Waals surface area contributed by atoms with Crippen LogP contribution in [-0.2, 0) is 17.7 Å². The van der Waals surface area contributed by atoms with Gasteiger partial charge in [0.1, 0.15) is 11.4 Å². The molecule has 4 nitrogen and oxygen atoms in total. The third kappa shape index (κ3) is 4.36. The lowest BCUT2D eigenvalue weighted by atomic mass is 9.99. The van der Waals surface area contributed by atoms with Crippen LogP contribution in [0.1, 0.15) is 38.3 Å². The Morgan fingerprint density at radius 3 is 2.82 bits per heavy atom. The van der Waals surface area contributed by atoms with Gasteiger partial charge < -0.3 is 14.4 Å². The minimum atomic E-state index is -0.491. The van der Waals surface area contributed by atoms with Crippen LogP contribution in [0.25, 0.3) is 0 Å². The molecule has 1 aromatic rings. The summed E-state index contributed by atoms with van der Waals surface area (Å²) in [4.78, 5) is 13.9. The molecule has 0 spiro atoms. The van der Waals surface area contributed by atoms with Gasteiger partial charge in [-0.2, -0.15) is 0 Å². The average molecular weight is 309 g/mol. The maximum absolute atomic E-state index is 12.2. The fourth-order valence-electron chi connectivity index (χ4n) is 2.43. The zero-order valence-electron chi connectivity index (χ0n) is 13.5. The van der Waals surface area contributed by atoms with Gasteiger partial charge in [-0.15, -0.1) is 0 Å². The number of benzene rings is 1. The fourth-order valence-corrected chi connectivity index (χ4v) is 2.43. The van der Waals surface area contributed by atoms with Crippen LogP contribution in [0.15, 0.2) is 18.2 Å². The Labute approximate surface area is 131 Å². The van der Waals surface area contributed by atoms with Gasteiger partial charge in [0.25, 0.3) is 0 Å². The van der Waals surface area contributed by atoms with Crippen LogP contribution in [0, 0.1) is 0 Å². The molecule has 2 rings (SSSR count). The van der Waals surface area contributed by atoms with E-state index in [0.29, 0.717) is 26.1 Å². The summed E-state index contributed by atoms with van der Waals surface area (Å²) in [5.41, 5.74) is 1.69. The van der Waals surface area contributed by atoms with E-state index >= 15 is 0 Å². The van der Waals surface area contributed by atoms with Gasteiger partial charge in [-0.1, -0.05) is 12.1 Å². The summed E-state index contributed by atoms with van der Waals surface area (Å²) in [6.45, 7) is 6.71. The predicted octanol–water partition coefficient (Wildman–Crippen LogP) is 3.72. The maximum atomic E-state index is 12.2. The van der Waals surface area contributed by atoms with Crippen molar-refractivity contribution in [1.29, 1.82) is 0 Å². The van der Waals surface area contributed by atoms with E-state index in [1.54, 1.807) is 4.90 Å². The highest BCUT2D eigenvalue weighted by Crippen LogP contribution is 2.28. The van der Waals surface area contributed by atoms with E-state index in [1.807, 2.05) is 39.0 Å². The number of ether oxygens (including phenoxy) is 2. The summed E-state index contributed by atoms with van der Waals surface area (Å²) in [6.07, 6.45) is 0.829. The molecule has 0 N–H and O–H groups in total. The Morgan fingerprint density at radius 1 is 1.36 bits per heavy atom. The highest BCUT2D eigenvalue weighted by atomic mass is 19.1. The van der Waals surface area contributed by atoms with Crippen LogP contribution in [0.4, 0.5) is 9.18 Å². The van der Waals surface area contributed by atoms with Gasteiger partial charge in [0, 0.05) is 25.1 Å². The fraction of sp³-hybridized carbons (Fsp3) is 0.588. The normalized spacial score (nSPS) is 14.5. The van der Waals surface area contributed by atoms with Crippen LogP contribution in [0.3, 0.4) is 0 Å². The molecule has 0 atom stereocenters. The van der Waals surface area contributed by atoms with E-state index < -0.39 is 5.60 Å². The van der Waals surface area contributed by atoms with E-state index in [0.717, 1.165) is 23.3 Å². The highest BCUT2D eigenvalue weighted by molar-refractivity contribution is 5.69. The van der Waals surface area contributed by atoms with Gasteiger partial charge in [-0.3, -0.25) is 4.39 Å². The second-order valence-electron chi connectivity index (χ2n) is 6.44. The molecule has 0 bridgehead atoms. The number of amides is 1. The molecule has 1 aliphatic heterocycles. The minimum absolute atomic E-state index is 0.290. The topological polar surface area (TPSA) is 38.8 Å². The summed E-state index contributed by atoms with van der Waals surface area (Å²) in [7, 11) is 0. The maximum Gasteiger partial charge on any atom is 0.410 e. The predicted molar refractivity (Wildman–Crippen MR) is 82.9 cm³/mol. The smallest absolute Gasteiger partial charge is 0.410 e. The number of carbonyl (C=O) groups is 1. The van der Waals surface area contributed by atoms with Crippen LogP contribution >= 0.6 is 0 Å². The summed E-state index contributed by atoms with van der Waals surface area (Å²) < 4.78 is 23.2. The lowest BCUT2D eigenvalue weighted by Crippen LogP contribution is -2.40. The molecule has 1 aliphatic rings. The average Bonchev–Trinajstić information content (AvgIpc) is 2.45. The van der Waals surface area contributed by atoms with Crippen LogP contribution in [0.5, 0.6) is 5.75 Å². The first-order valence-corrected chi connectivity index (χ1v) is 7.68. The van der Waals surface area contributed by atoms with Crippen LogP contribution in [0.2, 0.25) is 0 Å². The largest absolute Gasteiger partial charge is 0.493 e. The Morgan fingerprint density at radius 2 is 2.14 bits per heavy atom. The lowest BCUT2D eigenvalue weighted by Gasteiger charge is -2.31. The van der Waals surface area contributed by atoms with E-state index in [4.69, 9.17) is 9.47 Å². The third-order valence-corrected chi connectivity index (χ3v) is 3.41. The molecule has 0 saturated carbocycles. The number of carbonyl (C=O) groups excluding carboxylic acids is 1. The number of hydrogen-bond donors (Lipinski definition) is 0. The van der Waals surface area contributed by atoms with Crippen molar-refractivity contribution in [3.63, 3.8) is 0 Å². The Kier molecular flexibility index (Phi) is 5.27.